The molecule has 3 aliphatic carbocycles. The van der Waals surface area contributed by atoms with Gasteiger partial charge in [-0.2, -0.15) is 13.2 Å². The van der Waals surface area contributed by atoms with Gasteiger partial charge >= 0.3 is 6.18 Å². The lowest BCUT2D eigenvalue weighted by Crippen LogP contribution is -2.25. The molecule has 2 nitrogen and oxygen atoms in total. The molecule has 6 heteroatoms. The number of halogens is 3. The van der Waals surface area contributed by atoms with Crippen LogP contribution in [0.5, 0.6) is 0 Å². The maximum absolute atomic E-state index is 15.4. The van der Waals surface area contributed by atoms with Crippen LogP contribution in [0.15, 0.2) is 48.5 Å². The molecule has 5 aromatic rings. The van der Waals surface area contributed by atoms with E-state index in [2.05, 4.69) is 78.8 Å². The normalized spacial score (nSPS) is 25.7. The highest BCUT2D eigenvalue weighted by atomic mass is 32.1. The van der Waals surface area contributed by atoms with Crippen LogP contribution in [0.4, 0.5) is 13.2 Å². The number of benzene rings is 4. The van der Waals surface area contributed by atoms with E-state index in [4.69, 9.17) is 4.74 Å². The Bertz CT molecular complexity index is 2310. The van der Waals surface area contributed by atoms with E-state index in [1.165, 1.54) is 42.9 Å². The average Bonchev–Trinajstić information content (AvgIpc) is 3.25. The second kappa shape index (κ2) is 11.0. The van der Waals surface area contributed by atoms with Crippen molar-refractivity contribution in [1.29, 1.82) is 0 Å². The SMILES string of the molecule is COC1(O)C2(C)c3cc(C(F)(F)F)c4c(C)c(-c5c(C)cc(C6CCC(C)(C)CC6)cc5C)sc4c3-c3cc(C(C)(C)C)c4ccccc4c3C12C. The summed E-state index contributed by atoms with van der Waals surface area (Å²) in [5.41, 5.74) is 6.84. The molecule has 0 spiro atoms. The Kier molecular flexibility index (Phi) is 7.54. The molecule has 0 radical (unpaired) electrons. The fourth-order valence-corrected chi connectivity index (χ4v) is 12.3. The molecule has 0 amide bonds. The van der Waals surface area contributed by atoms with Crippen molar-refractivity contribution in [2.24, 2.45) is 5.41 Å². The van der Waals surface area contributed by atoms with Crippen molar-refractivity contribution in [1.82, 2.24) is 0 Å². The maximum Gasteiger partial charge on any atom is 0.417 e. The number of fused-ring (bicyclic) bond motifs is 10. The third kappa shape index (κ3) is 4.50. The van der Waals surface area contributed by atoms with Crippen molar-refractivity contribution in [2.75, 3.05) is 7.11 Å². The zero-order valence-electron chi connectivity index (χ0n) is 32.4. The van der Waals surface area contributed by atoms with Crippen LogP contribution < -0.4 is 0 Å². The Balaban J connectivity index is 1.46. The minimum atomic E-state index is -4.61. The molecule has 274 valence electrons. The van der Waals surface area contributed by atoms with E-state index >= 15 is 13.2 Å². The van der Waals surface area contributed by atoms with Crippen LogP contribution in [0, 0.1) is 26.2 Å². The third-order valence-corrected chi connectivity index (χ3v) is 15.2. The van der Waals surface area contributed by atoms with Gasteiger partial charge in [0.15, 0.2) is 5.79 Å². The molecule has 1 aromatic heterocycles. The lowest BCUT2D eigenvalue weighted by molar-refractivity contribution is -0.137. The van der Waals surface area contributed by atoms with E-state index < -0.39 is 28.4 Å². The Morgan fingerprint density at radius 1 is 0.808 bits per heavy atom. The van der Waals surface area contributed by atoms with Crippen LogP contribution in [0.3, 0.4) is 0 Å². The van der Waals surface area contributed by atoms with Crippen molar-refractivity contribution in [3.8, 4) is 21.6 Å². The van der Waals surface area contributed by atoms with Gasteiger partial charge in [0.25, 0.3) is 0 Å². The molecular weight excluding hydrogens is 674 g/mol. The van der Waals surface area contributed by atoms with E-state index in [0.717, 1.165) is 67.4 Å². The Labute approximate surface area is 310 Å². The lowest BCUT2D eigenvalue weighted by atomic mass is 9.68. The quantitative estimate of drug-likeness (QED) is 0.188. The van der Waals surface area contributed by atoms with Crippen molar-refractivity contribution in [2.45, 2.75) is 129 Å². The molecule has 2 fully saturated rings. The van der Waals surface area contributed by atoms with E-state index in [1.54, 1.807) is 0 Å². The van der Waals surface area contributed by atoms with Crippen molar-refractivity contribution in [3.05, 3.63) is 93.0 Å². The number of alkyl halides is 3. The Morgan fingerprint density at radius 2 is 1.40 bits per heavy atom. The molecule has 8 rings (SSSR count). The molecule has 0 bridgehead atoms. The van der Waals surface area contributed by atoms with Gasteiger partial charge in [-0.3, -0.25) is 0 Å². The molecule has 2 saturated carbocycles. The van der Waals surface area contributed by atoms with Crippen LogP contribution in [-0.2, 0) is 27.2 Å². The summed E-state index contributed by atoms with van der Waals surface area (Å²) in [7, 11) is 1.47. The van der Waals surface area contributed by atoms with Crippen molar-refractivity contribution >= 4 is 32.2 Å². The third-order valence-electron chi connectivity index (χ3n) is 13.8. The highest BCUT2D eigenvalue weighted by Gasteiger charge is 2.87. The summed E-state index contributed by atoms with van der Waals surface area (Å²) in [6.07, 6.45) is 0.102. The zero-order chi connectivity index (χ0) is 37.7. The number of ether oxygens (including phenoxy) is 1. The molecule has 1 heterocycles. The summed E-state index contributed by atoms with van der Waals surface area (Å²) in [6.45, 7) is 21.2. The van der Waals surface area contributed by atoms with Gasteiger partial charge < -0.3 is 9.84 Å². The number of hydrogen-bond donors (Lipinski definition) is 1. The first-order chi connectivity index (χ1) is 24.1. The maximum atomic E-state index is 15.4. The Hall–Kier alpha value is -3.19. The Morgan fingerprint density at radius 3 is 1.96 bits per heavy atom. The minimum Gasteiger partial charge on any atom is -0.364 e. The van der Waals surface area contributed by atoms with Crippen molar-refractivity contribution in [3.63, 3.8) is 0 Å². The monoisotopic (exact) mass is 724 g/mol. The first-order valence-electron chi connectivity index (χ1n) is 18.8. The molecule has 0 aliphatic heterocycles. The van der Waals surface area contributed by atoms with Gasteiger partial charge in [0.1, 0.15) is 0 Å². The van der Waals surface area contributed by atoms with Gasteiger partial charge in [-0.15, -0.1) is 11.3 Å². The van der Waals surface area contributed by atoms with Gasteiger partial charge in [-0.1, -0.05) is 71.0 Å². The molecule has 3 atom stereocenters. The smallest absolute Gasteiger partial charge is 0.364 e. The predicted molar refractivity (Wildman–Crippen MR) is 210 cm³/mol. The summed E-state index contributed by atoms with van der Waals surface area (Å²) < 4.78 is 52.9. The molecule has 3 aliphatic rings. The van der Waals surface area contributed by atoms with Gasteiger partial charge in [0.05, 0.1) is 16.4 Å². The number of thiophene rings is 1. The topological polar surface area (TPSA) is 29.5 Å². The molecule has 0 saturated heterocycles. The van der Waals surface area contributed by atoms with Crippen LogP contribution in [0.25, 0.3) is 42.4 Å². The first-order valence-corrected chi connectivity index (χ1v) is 19.6. The second-order valence-corrected chi connectivity index (χ2v) is 19.3. The fraction of sp³-hybridized carbons (Fsp3) is 0.478. The number of hydrogen-bond acceptors (Lipinski definition) is 3. The lowest BCUT2D eigenvalue weighted by Gasteiger charge is -2.35. The largest absolute Gasteiger partial charge is 0.417 e. The molecule has 4 aromatic carbocycles. The number of methoxy groups -OCH3 is 1. The van der Waals surface area contributed by atoms with Gasteiger partial charge in [0.2, 0.25) is 0 Å². The fourth-order valence-electron chi connectivity index (χ4n) is 10.7. The van der Waals surface area contributed by atoms with Crippen LogP contribution in [0.1, 0.15) is 125 Å². The van der Waals surface area contributed by atoms with Gasteiger partial charge in [-0.05, 0) is 150 Å². The van der Waals surface area contributed by atoms with E-state index in [1.807, 2.05) is 32.9 Å². The average molecular weight is 725 g/mol. The molecule has 3 unspecified atom stereocenters. The minimum absolute atomic E-state index is 0.247. The first kappa shape index (κ1) is 35.8. The summed E-state index contributed by atoms with van der Waals surface area (Å²) in [5, 5.41) is 14.8. The van der Waals surface area contributed by atoms with E-state index in [9.17, 15) is 5.11 Å². The molecule has 52 heavy (non-hydrogen) atoms. The number of aliphatic hydroxyl groups is 1. The van der Waals surface area contributed by atoms with Gasteiger partial charge in [0, 0.05) is 27.6 Å². The highest BCUT2D eigenvalue weighted by Crippen LogP contribution is 2.79. The summed E-state index contributed by atoms with van der Waals surface area (Å²) in [4.78, 5) is 0.884. The zero-order valence-corrected chi connectivity index (χ0v) is 33.2. The van der Waals surface area contributed by atoms with Crippen LogP contribution >= 0.6 is 11.3 Å². The van der Waals surface area contributed by atoms with Crippen LogP contribution in [0.2, 0.25) is 0 Å². The predicted octanol–water partition coefficient (Wildman–Crippen LogP) is 13.2. The molecular formula is C46H51F3O2S. The van der Waals surface area contributed by atoms with E-state index in [0.29, 0.717) is 27.2 Å². The van der Waals surface area contributed by atoms with Gasteiger partial charge in [-0.25, -0.2) is 0 Å². The second-order valence-electron chi connectivity index (χ2n) is 18.3. The van der Waals surface area contributed by atoms with E-state index in [-0.39, 0.29) is 10.8 Å². The summed E-state index contributed by atoms with van der Waals surface area (Å²) in [6, 6.07) is 16.4. The summed E-state index contributed by atoms with van der Waals surface area (Å²) >= 11 is 1.48. The number of rotatable bonds is 3. The number of aryl methyl sites for hydroxylation is 3. The molecule has 1 N–H and O–H groups in total. The highest BCUT2D eigenvalue weighted by molar-refractivity contribution is 7.23. The standard InChI is InChI=1S/C46H51F3O2S/c1-24-20-28(27-16-18-42(7,8)19-17-27)21-25(2)35(24)39-26(3)36-34(45(47,48)49)23-33-37(40(36)52-39)31-22-32(41(4,5)6)29-14-12-13-15-30(29)38(31)44(10)43(33,9)46(44,50)51-11/h12-15,20-23,27,50H,16-19H2,1-11H3. The summed E-state index contributed by atoms with van der Waals surface area (Å²) in [5.74, 6) is -1.21. The van der Waals surface area contributed by atoms with Crippen molar-refractivity contribution < 1.29 is 23.0 Å². The van der Waals surface area contributed by atoms with Crippen LogP contribution in [-0.4, -0.2) is 18.0 Å².